The number of hydrogen-bond donors (Lipinski definition) is 0. The Labute approximate surface area is 212 Å². The second-order valence-corrected chi connectivity index (χ2v) is 9.92. The summed E-state index contributed by atoms with van der Waals surface area (Å²) in [6.07, 6.45) is 8.72. The van der Waals surface area contributed by atoms with Crippen LogP contribution in [0.4, 0.5) is 0 Å². The first-order valence-corrected chi connectivity index (χ1v) is 12.6. The van der Waals surface area contributed by atoms with Gasteiger partial charge in [0, 0.05) is 52.0 Å². The molecule has 0 unspecified atom stereocenters. The quantitative estimate of drug-likeness (QED) is 0.229. The van der Waals surface area contributed by atoms with Gasteiger partial charge in [0.25, 0.3) is 0 Å². The van der Waals surface area contributed by atoms with Crippen LogP contribution in [0, 0.1) is 0 Å². The first-order valence-electron chi connectivity index (χ1n) is 12.6. The fraction of sp³-hybridized carbons (Fsp3) is 0.0303. The van der Waals surface area contributed by atoms with Crippen LogP contribution in [0.3, 0.4) is 0 Å². The summed E-state index contributed by atoms with van der Waals surface area (Å²) in [6, 6.07) is 30.9. The van der Waals surface area contributed by atoms with Gasteiger partial charge in [-0.15, -0.1) is 0 Å². The molecule has 0 radical (unpaired) electrons. The lowest BCUT2D eigenvalue weighted by atomic mass is 9.99. The van der Waals surface area contributed by atoms with E-state index in [1.165, 1.54) is 55.1 Å². The number of hydrogen-bond acceptors (Lipinski definition) is 2. The van der Waals surface area contributed by atoms with Crippen molar-refractivity contribution in [3.63, 3.8) is 0 Å². The van der Waals surface area contributed by atoms with Crippen LogP contribution in [-0.2, 0) is 6.42 Å². The zero-order chi connectivity index (χ0) is 24.1. The molecule has 0 amide bonds. The van der Waals surface area contributed by atoms with Crippen molar-refractivity contribution in [3.8, 4) is 16.8 Å². The average molecular weight is 473 g/mol. The Balaban J connectivity index is 1.53. The minimum Gasteiger partial charge on any atom is -0.309 e. The van der Waals surface area contributed by atoms with E-state index in [9.17, 15) is 0 Å². The maximum absolute atomic E-state index is 4.79. The standard InChI is InChI=1S/C33H20N4/c1-2-7-21(8-3-1)37-30-11-10-23-22-9-5-4-6-20(22)16-25(23)32(30)27-17-26-24(18-31(27)37)28-19-34-13-12-29(28)36-15-14-35-33(26)36/h1-15,17-19H,16H2. The van der Waals surface area contributed by atoms with E-state index in [0.29, 0.717) is 0 Å². The minimum atomic E-state index is 0.954. The lowest BCUT2D eigenvalue weighted by Crippen LogP contribution is -1.95. The van der Waals surface area contributed by atoms with E-state index < -0.39 is 0 Å². The number of benzene rings is 4. The zero-order valence-corrected chi connectivity index (χ0v) is 19.9. The van der Waals surface area contributed by atoms with Crippen molar-refractivity contribution in [2.24, 2.45) is 0 Å². The largest absolute Gasteiger partial charge is 0.309 e. The maximum Gasteiger partial charge on any atom is 0.145 e. The monoisotopic (exact) mass is 472 g/mol. The normalized spacial score (nSPS) is 12.8. The minimum absolute atomic E-state index is 0.954. The van der Waals surface area contributed by atoms with E-state index in [0.717, 1.165) is 28.4 Å². The van der Waals surface area contributed by atoms with Gasteiger partial charge in [-0.3, -0.25) is 9.38 Å². The second-order valence-electron chi connectivity index (χ2n) is 9.92. The van der Waals surface area contributed by atoms with Crippen LogP contribution in [0.1, 0.15) is 11.1 Å². The summed E-state index contributed by atoms with van der Waals surface area (Å²) in [5.41, 5.74) is 11.2. The Hall–Kier alpha value is -4.96. The molecule has 0 N–H and O–H groups in total. The number of nitrogens with zero attached hydrogens (tertiary/aromatic N) is 4. The summed E-state index contributed by atoms with van der Waals surface area (Å²) in [6.45, 7) is 0. The van der Waals surface area contributed by atoms with Crippen LogP contribution >= 0.6 is 0 Å². The van der Waals surface area contributed by atoms with E-state index in [1.807, 2.05) is 24.8 Å². The SMILES string of the molecule is c1ccc(-n2c3cc4c5cnccc5n5ccnc5c4cc3c3c4c(ccc32)-c2ccccc2C4)cc1. The molecular formula is C33H20N4. The molecule has 4 aromatic carbocycles. The van der Waals surface area contributed by atoms with Gasteiger partial charge in [0.15, 0.2) is 0 Å². The molecule has 37 heavy (non-hydrogen) atoms. The van der Waals surface area contributed by atoms with Crippen LogP contribution in [0.2, 0.25) is 0 Å². The lowest BCUT2D eigenvalue weighted by molar-refractivity contribution is 1.18. The van der Waals surface area contributed by atoms with Gasteiger partial charge in [-0.05, 0) is 70.5 Å². The predicted molar refractivity (Wildman–Crippen MR) is 151 cm³/mol. The molecule has 4 heterocycles. The second kappa shape index (κ2) is 6.83. The highest BCUT2D eigenvalue weighted by Crippen LogP contribution is 2.45. The molecule has 1 aliphatic rings. The van der Waals surface area contributed by atoms with Crippen molar-refractivity contribution in [2.75, 3.05) is 0 Å². The molecule has 4 nitrogen and oxygen atoms in total. The molecule has 0 bridgehead atoms. The number of fused-ring (bicyclic) bond motifs is 13. The summed E-state index contributed by atoms with van der Waals surface area (Å²) in [4.78, 5) is 9.28. The summed E-state index contributed by atoms with van der Waals surface area (Å²) >= 11 is 0. The topological polar surface area (TPSA) is 35.1 Å². The molecule has 1 aliphatic carbocycles. The van der Waals surface area contributed by atoms with Crippen molar-refractivity contribution in [3.05, 3.63) is 121 Å². The molecule has 0 fully saturated rings. The molecule has 0 spiro atoms. The molecule has 0 aliphatic heterocycles. The first kappa shape index (κ1) is 19.3. The molecule has 9 rings (SSSR count). The molecule has 0 saturated heterocycles. The van der Waals surface area contributed by atoms with Crippen LogP contribution in [0.5, 0.6) is 0 Å². The van der Waals surface area contributed by atoms with E-state index in [-0.39, 0.29) is 0 Å². The number of aromatic nitrogens is 4. The highest BCUT2D eigenvalue weighted by Gasteiger charge is 2.25. The fourth-order valence-corrected chi connectivity index (χ4v) is 6.55. The Morgan fingerprint density at radius 1 is 0.649 bits per heavy atom. The Morgan fingerprint density at radius 2 is 1.54 bits per heavy atom. The molecule has 0 saturated carbocycles. The third-order valence-electron chi connectivity index (χ3n) is 8.10. The van der Waals surface area contributed by atoms with Crippen molar-refractivity contribution >= 4 is 49.1 Å². The van der Waals surface area contributed by atoms with Crippen LogP contribution < -0.4 is 0 Å². The summed E-state index contributed by atoms with van der Waals surface area (Å²) < 4.78 is 4.60. The third-order valence-corrected chi connectivity index (χ3v) is 8.10. The number of pyridine rings is 2. The number of rotatable bonds is 1. The van der Waals surface area contributed by atoms with Gasteiger partial charge >= 0.3 is 0 Å². The van der Waals surface area contributed by atoms with Gasteiger partial charge in [-0.25, -0.2) is 4.98 Å². The predicted octanol–water partition coefficient (Wildman–Crippen LogP) is 7.70. The molecule has 4 aromatic heterocycles. The molecule has 172 valence electrons. The Morgan fingerprint density at radius 3 is 2.49 bits per heavy atom. The van der Waals surface area contributed by atoms with Crippen molar-refractivity contribution < 1.29 is 0 Å². The Kier molecular flexibility index (Phi) is 3.55. The van der Waals surface area contributed by atoms with E-state index in [1.54, 1.807) is 0 Å². The summed E-state index contributed by atoms with van der Waals surface area (Å²) in [5, 5.41) is 6.06. The van der Waals surface area contributed by atoms with Crippen molar-refractivity contribution in [1.29, 1.82) is 0 Å². The average Bonchev–Trinajstić information content (AvgIpc) is 3.66. The van der Waals surface area contributed by atoms with E-state index in [4.69, 9.17) is 4.98 Å². The molecular weight excluding hydrogens is 452 g/mol. The van der Waals surface area contributed by atoms with Crippen LogP contribution in [0.25, 0.3) is 65.9 Å². The van der Waals surface area contributed by atoms with Gasteiger partial charge in [-0.1, -0.05) is 48.5 Å². The van der Waals surface area contributed by atoms with Crippen molar-refractivity contribution in [2.45, 2.75) is 6.42 Å². The fourth-order valence-electron chi connectivity index (χ4n) is 6.55. The summed E-state index contributed by atoms with van der Waals surface area (Å²) in [7, 11) is 0. The van der Waals surface area contributed by atoms with Gasteiger partial charge < -0.3 is 4.57 Å². The Bertz CT molecular complexity index is 2220. The van der Waals surface area contributed by atoms with E-state index in [2.05, 4.69) is 98.9 Å². The molecule has 4 heteroatoms. The van der Waals surface area contributed by atoms with Crippen LogP contribution in [0.15, 0.2) is 110 Å². The van der Waals surface area contributed by atoms with Gasteiger partial charge in [0.2, 0.25) is 0 Å². The highest BCUT2D eigenvalue weighted by molar-refractivity contribution is 6.22. The first-order chi connectivity index (χ1) is 18.4. The number of imidazole rings is 1. The molecule has 0 atom stereocenters. The number of para-hydroxylation sites is 1. The van der Waals surface area contributed by atoms with Crippen LogP contribution in [-0.4, -0.2) is 18.9 Å². The third kappa shape index (κ3) is 2.42. The van der Waals surface area contributed by atoms with Gasteiger partial charge in [0.05, 0.1) is 16.6 Å². The molecule has 8 aromatic rings. The maximum atomic E-state index is 4.79. The summed E-state index contributed by atoms with van der Waals surface area (Å²) in [5.74, 6) is 0. The smallest absolute Gasteiger partial charge is 0.145 e. The highest BCUT2D eigenvalue weighted by atomic mass is 15.0. The lowest BCUT2D eigenvalue weighted by Gasteiger charge is -2.10. The van der Waals surface area contributed by atoms with Gasteiger partial charge in [0.1, 0.15) is 5.65 Å². The van der Waals surface area contributed by atoms with Crippen molar-refractivity contribution in [1.82, 2.24) is 18.9 Å². The zero-order valence-electron chi connectivity index (χ0n) is 19.9. The van der Waals surface area contributed by atoms with Gasteiger partial charge in [-0.2, -0.15) is 0 Å². The van der Waals surface area contributed by atoms with E-state index >= 15 is 0 Å².